The van der Waals surface area contributed by atoms with Crippen LogP contribution in [0.2, 0.25) is 0 Å². The van der Waals surface area contributed by atoms with Crippen molar-refractivity contribution < 1.29 is 4.74 Å². The normalized spacial score (nSPS) is 11.1. The van der Waals surface area contributed by atoms with E-state index in [0.717, 1.165) is 28.0 Å². The average molecular weight is 361 g/mol. The molecular weight excluding hydrogens is 342 g/mol. The highest BCUT2D eigenvalue weighted by Gasteiger charge is 2.08. The Hall–Kier alpha value is -3.48. The first-order valence-corrected chi connectivity index (χ1v) is 8.58. The van der Waals surface area contributed by atoms with E-state index in [9.17, 15) is 4.79 Å². The predicted molar refractivity (Wildman–Crippen MR) is 102 cm³/mol. The molecule has 0 spiro atoms. The minimum atomic E-state index is -0.164. The minimum Gasteiger partial charge on any atom is -0.487 e. The van der Waals surface area contributed by atoms with E-state index in [2.05, 4.69) is 15.1 Å². The van der Waals surface area contributed by atoms with Crippen LogP contribution in [-0.2, 0) is 13.7 Å². The van der Waals surface area contributed by atoms with Crippen molar-refractivity contribution in [3.8, 4) is 11.4 Å². The highest BCUT2D eigenvalue weighted by Crippen LogP contribution is 2.20. The van der Waals surface area contributed by atoms with Crippen LogP contribution in [0.1, 0.15) is 17.1 Å². The third-order valence-electron chi connectivity index (χ3n) is 4.50. The highest BCUT2D eigenvalue weighted by molar-refractivity contribution is 5.83. The lowest BCUT2D eigenvalue weighted by Crippen LogP contribution is -2.16. The lowest BCUT2D eigenvalue weighted by Gasteiger charge is -2.09. The molecule has 0 aliphatic heterocycles. The van der Waals surface area contributed by atoms with Gasteiger partial charge in [0.2, 0.25) is 0 Å². The van der Waals surface area contributed by atoms with Crippen molar-refractivity contribution in [1.29, 1.82) is 0 Å². The Morgan fingerprint density at radius 2 is 1.93 bits per heavy atom. The van der Waals surface area contributed by atoms with E-state index in [4.69, 9.17) is 4.74 Å². The van der Waals surface area contributed by atoms with Gasteiger partial charge in [-0.1, -0.05) is 0 Å². The van der Waals surface area contributed by atoms with Crippen molar-refractivity contribution >= 4 is 10.9 Å². The molecule has 7 nitrogen and oxygen atoms in total. The third-order valence-corrected chi connectivity index (χ3v) is 4.50. The minimum absolute atomic E-state index is 0.164. The molecule has 0 saturated carbocycles. The van der Waals surface area contributed by atoms with E-state index in [1.54, 1.807) is 29.2 Å². The van der Waals surface area contributed by atoms with Crippen molar-refractivity contribution in [3.63, 3.8) is 0 Å². The van der Waals surface area contributed by atoms with Crippen LogP contribution in [0.15, 0.2) is 53.7 Å². The van der Waals surface area contributed by atoms with Crippen molar-refractivity contribution in [1.82, 2.24) is 24.3 Å². The lowest BCUT2D eigenvalue weighted by atomic mass is 10.2. The van der Waals surface area contributed by atoms with Crippen LogP contribution in [0.25, 0.3) is 16.6 Å². The first-order valence-electron chi connectivity index (χ1n) is 8.58. The maximum absolute atomic E-state index is 12.6. The average Bonchev–Trinajstić information content (AvgIpc) is 2.95. The number of nitrogens with zero attached hydrogens (tertiary/aromatic N) is 5. The number of benzene rings is 1. The first-order chi connectivity index (χ1) is 13.0. The largest absolute Gasteiger partial charge is 0.487 e. The number of hydrogen-bond acceptors (Lipinski definition) is 5. The molecule has 1 aromatic carbocycles. The fourth-order valence-corrected chi connectivity index (χ4v) is 2.88. The number of fused-ring (bicyclic) bond motifs is 1. The van der Waals surface area contributed by atoms with Crippen LogP contribution >= 0.6 is 0 Å². The van der Waals surface area contributed by atoms with Crippen LogP contribution in [0.4, 0.5) is 0 Å². The molecular formula is C20H19N5O2. The van der Waals surface area contributed by atoms with Gasteiger partial charge in [0.15, 0.2) is 0 Å². The monoisotopic (exact) mass is 361 g/mol. The maximum Gasteiger partial charge on any atom is 0.258 e. The number of aryl methyl sites for hydroxylation is 3. The van der Waals surface area contributed by atoms with E-state index >= 15 is 0 Å². The molecule has 0 N–H and O–H groups in total. The van der Waals surface area contributed by atoms with E-state index in [-0.39, 0.29) is 12.2 Å². The third kappa shape index (κ3) is 3.31. The van der Waals surface area contributed by atoms with Gasteiger partial charge in [0, 0.05) is 42.3 Å². The Bertz CT molecular complexity index is 1180. The molecule has 0 amide bonds. The number of pyridine rings is 1. The topological polar surface area (TPSA) is 74.8 Å². The van der Waals surface area contributed by atoms with Crippen LogP contribution in [-0.4, -0.2) is 24.3 Å². The zero-order chi connectivity index (χ0) is 19.0. The van der Waals surface area contributed by atoms with Crippen molar-refractivity contribution in [2.75, 3.05) is 0 Å². The molecule has 27 heavy (non-hydrogen) atoms. The Morgan fingerprint density at radius 1 is 1.07 bits per heavy atom. The van der Waals surface area contributed by atoms with Crippen LogP contribution in [0.3, 0.4) is 0 Å². The first kappa shape index (κ1) is 17.0. The second kappa shape index (κ2) is 6.68. The Balaban J connectivity index is 1.59. The van der Waals surface area contributed by atoms with Gasteiger partial charge in [0.05, 0.1) is 23.1 Å². The summed E-state index contributed by atoms with van der Waals surface area (Å²) in [6.45, 7) is 4.14. The molecule has 0 radical (unpaired) electrons. The van der Waals surface area contributed by atoms with Gasteiger partial charge < -0.3 is 4.74 Å². The molecule has 0 aliphatic carbocycles. The summed E-state index contributed by atoms with van der Waals surface area (Å²) in [4.78, 5) is 21.0. The summed E-state index contributed by atoms with van der Waals surface area (Å²) in [5.41, 5.74) is 4.15. The summed E-state index contributed by atoms with van der Waals surface area (Å²) in [7, 11) is 1.91. The predicted octanol–water partition coefficient (Wildman–Crippen LogP) is 2.71. The standard InChI is InChI=1S/C20H19N5O2/c1-13-10-22-15(11-21-13)12-27-17-6-7-25(20(26)9-17)16-4-5-19-18(8-16)14(2)24(3)23-19/h4-11H,12H2,1-3H3. The zero-order valence-corrected chi connectivity index (χ0v) is 15.4. The van der Waals surface area contributed by atoms with Gasteiger partial charge >= 0.3 is 0 Å². The maximum atomic E-state index is 12.6. The van der Waals surface area contributed by atoms with Crippen LogP contribution in [0, 0.1) is 13.8 Å². The van der Waals surface area contributed by atoms with E-state index in [1.165, 1.54) is 6.07 Å². The molecule has 4 aromatic rings. The fourth-order valence-electron chi connectivity index (χ4n) is 2.88. The van der Waals surface area contributed by atoms with Gasteiger partial charge in [-0.3, -0.25) is 24.0 Å². The zero-order valence-electron chi connectivity index (χ0n) is 15.4. The van der Waals surface area contributed by atoms with Crippen molar-refractivity contribution in [3.05, 3.63) is 76.4 Å². The van der Waals surface area contributed by atoms with Crippen LogP contribution < -0.4 is 10.3 Å². The summed E-state index contributed by atoms with van der Waals surface area (Å²) in [6.07, 6.45) is 5.07. The van der Waals surface area contributed by atoms with Gasteiger partial charge in [0.25, 0.3) is 5.56 Å². The Morgan fingerprint density at radius 3 is 2.67 bits per heavy atom. The van der Waals surface area contributed by atoms with Gasteiger partial charge in [-0.05, 0) is 38.1 Å². The Kier molecular flexibility index (Phi) is 4.19. The molecule has 7 heteroatoms. The second-order valence-electron chi connectivity index (χ2n) is 6.42. The van der Waals surface area contributed by atoms with Gasteiger partial charge in [-0.15, -0.1) is 0 Å². The van der Waals surface area contributed by atoms with Gasteiger partial charge in [-0.25, -0.2) is 0 Å². The fraction of sp³-hybridized carbons (Fsp3) is 0.200. The number of aromatic nitrogens is 5. The summed E-state index contributed by atoms with van der Waals surface area (Å²) in [6, 6.07) is 9.02. The number of rotatable bonds is 4. The molecule has 3 heterocycles. The second-order valence-corrected chi connectivity index (χ2v) is 6.42. The molecule has 0 aliphatic rings. The van der Waals surface area contributed by atoms with E-state index in [0.29, 0.717) is 11.4 Å². The summed E-state index contributed by atoms with van der Waals surface area (Å²) < 4.78 is 9.09. The quantitative estimate of drug-likeness (QED) is 0.559. The molecule has 4 rings (SSSR count). The molecule has 0 fully saturated rings. The van der Waals surface area contributed by atoms with Crippen molar-refractivity contribution in [2.24, 2.45) is 7.05 Å². The Labute approximate surface area is 155 Å². The lowest BCUT2D eigenvalue weighted by molar-refractivity contribution is 0.299. The highest BCUT2D eigenvalue weighted by atomic mass is 16.5. The molecule has 0 atom stereocenters. The van der Waals surface area contributed by atoms with E-state index in [1.807, 2.05) is 43.8 Å². The number of ether oxygens (including phenoxy) is 1. The number of hydrogen-bond donors (Lipinski definition) is 0. The molecule has 0 unspecified atom stereocenters. The molecule has 0 bridgehead atoms. The van der Waals surface area contributed by atoms with Crippen LogP contribution in [0.5, 0.6) is 5.75 Å². The molecule has 136 valence electrons. The molecule has 0 saturated heterocycles. The SMILES string of the molecule is Cc1cnc(COc2ccn(-c3ccc4nn(C)c(C)c4c3)c(=O)c2)cn1. The van der Waals surface area contributed by atoms with Gasteiger partial charge in [0.1, 0.15) is 12.4 Å². The van der Waals surface area contributed by atoms with E-state index < -0.39 is 0 Å². The van der Waals surface area contributed by atoms with Crippen molar-refractivity contribution in [2.45, 2.75) is 20.5 Å². The summed E-state index contributed by atoms with van der Waals surface area (Å²) in [5, 5.41) is 5.47. The summed E-state index contributed by atoms with van der Waals surface area (Å²) in [5.74, 6) is 0.497. The molecule has 3 aromatic heterocycles. The smallest absolute Gasteiger partial charge is 0.258 e. The van der Waals surface area contributed by atoms with Gasteiger partial charge in [-0.2, -0.15) is 5.10 Å². The summed E-state index contributed by atoms with van der Waals surface area (Å²) >= 11 is 0.